The summed E-state index contributed by atoms with van der Waals surface area (Å²) in [6.45, 7) is 0.137. The topological polar surface area (TPSA) is 81.8 Å². The van der Waals surface area contributed by atoms with Gasteiger partial charge in [0.05, 0.1) is 25.0 Å². The van der Waals surface area contributed by atoms with Crippen LogP contribution in [-0.4, -0.2) is 24.4 Å². The lowest BCUT2D eigenvalue weighted by atomic mass is 10.3. The number of hydrogen-bond donors (Lipinski definition) is 2. The summed E-state index contributed by atoms with van der Waals surface area (Å²) in [6, 6.07) is 10.7. The Morgan fingerprint density at radius 1 is 1.20 bits per heavy atom. The summed E-state index contributed by atoms with van der Waals surface area (Å²) in [5.74, 6) is -0.0429. The van der Waals surface area contributed by atoms with E-state index in [4.69, 9.17) is 10.5 Å². The van der Waals surface area contributed by atoms with Crippen molar-refractivity contribution in [3.05, 3.63) is 48.2 Å². The maximum atomic E-state index is 12.4. The van der Waals surface area contributed by atoms with Crippen molar-refractivity contribution in [3.63, 3.8) is 0 Å². The fourth-order valence-corrected chi connectivity index (χ4v) is 1.79. The van der Waals surface area contributed by atoms with Crippen LogP contribution in [0.5, 0.6) is 11.6 Å². The second-order valence-electron chi connectivity index (χ2n) is 4.54. The Hall–Kier alpha value is -2.24. The van der Waals surface area contributed by atoms with Crippen LogP contribution in [0.1, 0.15) is 5.69 Å². The van der Waals surface area contributed by atoms with Gasteiger partial charge in [-0.1, -0.05) is 18.2 Å². The number of rotatable bonds is 5. The van der Waals surface area contributed by atoms with E-state index in [-0.39, 0.29) is 42.2 Å². The summed E-state index contributed by atoms with van der Waals surface area (Å²) in [6.07, 6.45) is -4.80. The maximum absolute atomic E-state index is 12.4. The number of para-hydroxylation sites is 2. The fraction of sp³-hybridized carbons (Fsp3) is 0.200. The molecular formula is C15H16F3IN4O2. The maximum Gasteiger partial charge on any atom is 0.573 e. The van der Waals surface area contributed by atoms with Crippen LogP contribution in [0.4, 0.5) is 18.9 Å². The summed E-state index contributed by atoms with van der Waals surface area (Å²) in [4.78, 5) is 8.18. The molecule has 0 aliphatic heterocycles. The largest absolute Gasteiger partial charge is 0.573 e. The van der Waals surface area contributed by atoms with Crippen LogP contribution < -0.4 is 20.5 Å². The zero-order valence-corrected chi connectivity index (χ0v) is 15.4. The molecule has 0 atom stereocenters. The van der Waals surface area contributed by atoms with Gasteiger partial charge >= 0.3 is 6.36 Å². The molecule has 10 heteroatoms. The van der Waals surface area contributed by atoms with Crippen molar-refractivity contribution in [1.82, 2.24) is 4.98 Å². The molecule has 136 valence electrons. The van der Waals surface area contributed by atoms with Gasteiger partial charge in [0.15, 0.2) is 11.7 Å². The molecule has 0 saturated heterocycles. The van der Waals surface area contributed by atoms with E-state index in [0.29, 0.717) is 11.6 Å². The van der Waals surface area contributed by atoms with E-state index in [1.165, 1.54) is 25.3 Å². The lowest BCUT2D eigenvalue weighted by Gasteiger charge is -2.14. The molecule has 0 amide bonds. The second-order valence-corrected chi connectivity index (χ2v) is 4.54. The lowest BCUT2D eigenvalue weighted by molar-refractivity contribution is -0.274. The number of anilines is 1. The molecule has 0 aliphatic carbocycles. The number of guanidine groups is 1. The molecule has 1 heterocycles. The zero-order valence-electron chi connectivity index (χ0n) is 13.1. The molecule has 0 bridgehead atoms. The molecule has 1 aromatic heterocycles. The standard InChI is InChI=1S/C15H15F3N4O2.HI/c1-23-13-8-4-5-10(21-13)9-20-14(19)22-11-6-2-3-7-12(11)24-15(16,17)18;/h2-8H,9H2,1H3,(H3,19,20,22);1H. The van der Waals surface area contributed by atoms with Gasteiger partial charge in [0.2, 0.25) is 5.88 Å². The highest BCUT2D eigenvalue weighted by Crippen LogP contribution is 2.29. The summed E-state index contributed by atoms with van der Waals surface area (Å²) in [5.41, 5.74) is 6.35. The number of pyridine rings is 1. The van der Waals surface area contributed by atoms with Gasteiger partial charge in [0.1, 0.15) is 0 Å². The molecule has 2 aromatic rings. The third-order valence-corrected chi connectivity index (χ3v) is 2.78. The van der Waals surface area contributed by atoms with E-state index in [1.54, 1.807) is 24.3 Å². The molecular weight excluding hydrogens is 452 g/mol. The van der Waals surface area contributed by atoms with Crippen LogP contribution >= 0.6 is 24.0 Å². The number of hydrogen-bond acceptors (Lipinski definition) is 4. The van der Waals surface area contributed by atoms with Crippen molar-refractivity contribution in [1.29, 1.82) is 0 Å². The van der Waals surface area contributed by atoms with Crippen LogP contribution in [0.25, 0.3) is 0 Å². The monoisotopic (exact) mass is 468 g/mol. The number of nitrogens with one attached hydrogen (secondary N) is 1. The molecule has 0 radical (unpaired) electrons. The Morgan fingerprint density at radius 3 is 2.60 bits per heavy atom. The van der Waals surface area contributed by atoms with Crippen molar-refractivity contribution in [2.45, 2.75) is 12.9 Å². The summed E-state index contributed by atoms with van der Waals surface area (Å²) in [5, 5.41) is 2.58. The van der Waals surface area contributed by atoms with Crippen molar-refractivity contribution >= 4 is 35.6 Å². The third-order valence-electron chi connectivity index (χ3n) is 2.78. The highest BCUT2D eigenvalue weighted by Gasteiger charge is 2.32. The number of aliphatic imine (C=N–C) groups is 1. The average molecular weight is 468 g/mol. The minimum atomic E-state index is -4.80. The summed E-state index contributed by atoms with van der Waals surface area (Å²) in [7, 11) is 1.49. The van der Waals surface area contributed by atoms with Gasteiger partial charge < -0.3 is 20.5 Å². The van der Waals surface area contributed by atoms with Gasteiger partial charge in [-0.3, -0.25) is 0 Å². The molecule has 0 aliphatic rings. The van der Waals surface area contributed by atoms with Crippen LogP contribution in [0.15, 0.2) is 47.5 Å². The number of nitrogens with zero attached hydrogens (tertiary/aromatic N) is 2. The SMILES string of the molecule is COc1cccc(CN=C(N)Nc2ccccc2OC(F)(F)F)n1.I. The smallest absolute Gasteiger partial charge is 0.481 e. The first-order valence-electron chi connectivity index (χ1n) is 6.79. The Labute approximate surface area is 159 Å². The van der Waals surface area contributed by atoms with Crippen molar-refractivity contribution < 1.29 is 22.6 Å². The molecule has 2 rings (SSSR count). The minimum Gasteiger partial charge on any atom is -0.481 e. The normalized spacial score (nSPS) is 11.4. The highest BCUT2D eigenvalue weighted by atomic mass is 127. The zero-order chi connectivity index (χ0) is 17.6. The van der Waals surface area contributed by atoms with Gasteiger partial charge in [-0.25, -0.2) is 9.98 Å². The van der Waals surface area contributed by atoms with E-state index >= 15 is 0 Å². The molecule has 6 nitrogen and oxygen atoms in total. The van der Waals surface area contributed by atoms with E-state index in [1.807, 2.05) is 0 Å². The minimum absolute atomic E-state index is 0. The molecule has 0 fully saturated rings. The number of alkyl halides is 3. The summed E-state index contributed by atoms with van der Waals surface area (Å²) >= 11 is 0. The molecule has 1 aromatic carbocycles. The van der Waals surface area contributed by atoms with Gasteiger partial charge in [0.25, 0.3) is 0 Å². The van der Waals surface area contributed by atoms with Crippen LogP contribution in [0.3, 0.4) is 0 Å². The van der Waals surface area contributed by atoms with Crippen LogP contribution in [0, 0.1) is 0 Å². The average Bonchev–Trinajstić information content (AvgIpc) is 2.54. The number of nitrogens with two attached hydrogens (primary N) is 1. The molecule has 0 saturated carbocycles. The highest BCUT2D eigenvalue weighted by molar-refractivity contribution is 14.0. The van der Waals surface area contributed by atoms with E-state index in [9.17, 15) is 13.2 Å². The number of benzene rings is 1. The molecule has 0 unspecified atom stereocenters. The van der Waals surface area contributed by atoms with E-state index in [2.05, 4.69) is 20.0 Å². The third kappa shape index (κ3) is 7.03. The van der Waals surface area contributed by atoms with Gasteiger partial charge in [-0.05, 0) is 18.2 Å². The Balaban J connectivity index is 0.00000312. The van der Waals surface area contributed by atoms with Crippen molar-refractivity contribution in [2.24, 2.45) is 10.7 Å². The first kappa shape index (κ1) is 20.8. The van der Waals surface area contributed by atoms with Crippen molar-refractivity contribution in [3.8, 4) is 11.6 Å². The second kappa shape index (κ2) is 9.30. The lowest BCUT2D eigenvalue weighted by Crippen LogP contribution is -2.24. The van der Waals surface area contributed by atoms with E-state index in [0.717, 1.165) is 0 Å². The quantitative estimate of drug-likeness (QED) is 0.399. The summed E-state index contributed by atoms with van der Waals surface area (Å²) < 4.78 is 46.0. The first-order valence-corrected chi connectivity index (χ1v) is 6.79. The van der Waals surface area contributed by atoms with Gasteiger partial charge in [0, 0.05) is 6.07 Å². The molecule has 3 N–H and O–H groups in total. The first-order chi connectivity index (χ1) is 11.4. The van der Waals surface area contributed by atoms with E-state index < -0.39 is 12.1 Å². The van der Waals surface area contributed by atoms with Crippen LogP contribution in [-0.2, 0) is 6.54 Å². The number of halogens is 4. The number of aromatic nitrogens is 1. The molecule has 0 spiro atoms. The molecule has 25 heavy (non-hydrogen) atoms. The van der Waals surface area contributed by atoms with Crippen molar-refractivity contribution in [2.75, 3.05) is 12.4 Å². The Kier molecular flexibility index (Phi) is 7.74. The van der Waals surface area contributed by atoms with Gasteiger partial charge in [-0.15, -0.1) is 37.1 Å². The number of methoxy groups -OCH3 is 1. The predicted molar refractivity (Wildman–Crippen MR) is 98.3 cm³/mol. The fourth-order valence-electron chi connectivity index (χ4n) is 1.79. The number of ether oxygens (including phenoxy) is 2. The Bertz CT molecular complexity index is 726. The Morgan fingerprint density at radius 2 is 1.92 bits per heavy atom. The van der Waals surface area contributed by atoms with Crippen LogP contribution in [0.2, 0.25) is 0 Å². The van der Waals surface area contributed by atoms with Gasteiger partial charge in [-0.2, -0.15) is 0 Å². The predicted octanol–water partition coefficient (Wildman–Crippen LogP) is 3.53.